The Labute approximate surface area is 123 Å². The molecule has 1 aliphatic carbocycles. The standard InChI is InChI=1S/C15H20N2O4/c1-8-13(9(2)21-16-8)14(18)17-11-6-4-3-5-10(11)7-12(17)15(19)20/h10-12H,3-7H2,1-2H3,(H,19,20)/t10-,11+,12-/m0/s1. The van der Waals surface area contributed by atoms with Crippen molar-refractivity contribution in [1.82, 2.24) is 10.1 Å². The van der Waals surface area contributed by atoms with Crippen molar-refractivity contribution in [1.29, 1.82) is 0 Å². The van der Waals surface area contributed by atoms with Crippen molar-refractivity contribution in [2.75, 3.05) is 0 Å². The number of nitrogens with zero attached hydrogens (tertiary/aromatic N) is 2. The van der Waals surface area contributed by atoms with Crippen LogP contribution >= 0.6 is 0 Å². The molecule has 2 fully saturated rings. The third-order valence-electron chi connectivity index (χ3n) is 4.85. The molecule has 0 radical (unpaired) electrons. The number of carbonyl (C=O) groups is 2. The number of fused-ring (bicyclic) bond motifs is 1. The summed E-state index contributed by atoms with van der Waals surface area (Å²) in [4.78, 5) is 26.0. The molecule has 0 aromatic carbocycles. The van der Waals surface area contributed by atoms with E-state index in [1.165, 1.54) is 0 Å². The first-order valence-electron chi connectivity index (χ1n) is 7.49. The van der Waals surface area contributed by atoms with E-state index in [-0.39, 0.29) is 11.9 Å². The Bertz CT molecular complexity index is 561. The van der Waals surface area contributed by atoms with Crippen LogP contribution in [0, 0.1) is 19.8 Å². The number of hydrogen-bond acceptors (Lipinski definition) is 4. The van der Waals surface area contributed by atoms with E-state index in [9.17, 15) is 14.7 Å². The second-order valence-electron chi connectivity index (χ2n) is 6.11. The summed E-state index contributed by atoms with van der Waals surface area (Å²) in [5, 5.41) is 13.3. The zero-order valence-electron chi connectivity index (χ0n) is 12.3. The number of rotatable bonds is 2. The molecule has 1 aromatic heterocycles. The topological polar surface area (TPSA) is 83.6 Å². The molecule has 1 N–H and O–H groups in total. The van der Waals surface area contributed by atoms with Crippen LogP contribution in [0.3, 0.4) is 0 Å². The fourth-order valence-corrected chi connectivity index (χ4v) is 3.89. The molecule has 114 valence electrons. The maximum absolute atomic E-state index is 12.9. The summed E-state index contributed by atoms with van der Waals surface area (Å²) < 4.78 is 5.06. The van der Waals surface area contributed by atoms with Gasteiger partial charge in [-0.25, -0.2) is 4.79 Å². The van der Waals surface area contributed by atoms with E-state index in [2.05, 4.69) is 5.16 Å². The summed E-state index contributed by atoms with van der Waals surface area (Å²) in [5.41, 5.74) is 0.952. The predicted molar refractivity (Wildman–Crippen MR) is 73.9 cm³/mol. The molecule has 2 heterocycles. The second-order valence-corrected chi connectivity index (χ2v) is 6.11. The number of amides is 1. The van der Waals surface area contributed by atoms with Crippen molar-refractivity contribution in [3.05, 3.63) is 17.0 Å². The molecular formula is C15H20N2O4. The van der Waals surface area contributed by atoms with Crippen LogP contribution in [-0.4, -0.2) is 39.1 Å². The molecule has 0 spiro atoms. The largest absolute Gasteiger partial charge is 0.480 e. The molecule has 0 unspecified atom stereocenters. The maximum atomic E-state index is 12.9. The molecule has 21 heavy (non-hydrogen) atoms. The van der Waals surface area contributed by atoms with Gasteiger partial charge in [0.25, 0.3) is 5.91 Å². The lowest BCUT2D eigenvalue weighted by Crippen LogP contribution is -2.46. The first kappa shape index (κ1) is 14.1. The van der Waals surface area contributed by atoms with Gasteiger partial charge in [0.15, 0.2) is 0 Å². The number of carbonyl (C=O) groups excluding carboxylic acids is 1. The highest BCUT2D eigenvalue weighted by molar-refractivity contribution is 5.98. The molecule has 1 aliphatic heterocycles. The van der Waals surface area contributed by atoms with Crippen LogP contribution in [0.5, 0.6) is 0 Å². The quantitative estimate of drug-likeness (QED) is 0.903. The first-order valence-corrected chi connectivity index (χ1v) is 7.49. The molecule has 3 rings (SSSR count). The molecule has 6 nitrogen and oxygen atoms in total. The average molecular weight is 292 g/mol. The molecule has 6 heteroatoms. The summed E-state index contributed by atoms with van der Waals surface area (Å²) >= 11 is 0. The molecular weight excluding hydrogens is 272 g/mol. The zero-order valence-corrected chi connectivity index (χ0v) is 12.3. The number of aryl methyl sites for hydroxylation is 2. The van der Waals surface area contributed by atoms with Gasteiger partial charge >= 0.3 is 5.97 Å². The number of carboxylic acid groups (broad SMARTS) is 1. The second kappa shape index (κ2) is 5.16. The highest BCUT2D eigenvalue weighted by Crippen LogP contribution is 2.40. The summed E-state index contributed by atoms with van der Waals surface area (Å²) in [5.74, 6) is -0.386. The molecule has 1 saturated carbocycles. The van der Waals surface area contributed by atoms with Crippen LogP contribution < -0.4 is 0 Å². The number of likely N-dealkylation sites (tertiary alicyclic amines) is 1. The van der Waals surface area contributed by atoms with Crippen LogP contribution in [0.2, 0.25) is 0 Å². The first-order chi connectivity index (χ1) is 10.0. The molecule has 1 saturated heterocycles. The van der Waals surface area contributed by atoms with Gasteiger partial charge in [0.2, 0.25) is 0 Å². The highest BCUT2D eigenvalue weighted by atomic mass is 16.5. The smallest absolute Gasteiger partial charge is 0.326 e. The van der Waals surface area contributed by atoms with Crippen molar-refractivity contribution in [2.45, 2.75) is 58.0 Å². The monoisotopic (exact) mass is 292 g/mol. The van der Waals surface area contributed by atoms with Gasteiger partial charge in [-0.15, -0.1) is 0 Å². The summed E-state index contributed by atoms with van der Waals surface area (Å²) in [6.07, 6.45) is 4.65. The van der Waals surface area contributed by atoms with Crippen LogP contribution in [0.1, 0.15) is 53.9 Å². The Morgan fingerprint density at radius 1 is 1.29 bits per heavy atom. The lowest BCUT2D eigenvalue weighted by Gasteiger charge is -2.32. The van der Waals surface area contributed by atoms with Crippen molar-refractivity contribution in [3.8, 4) is 0 Å². The van der Waals surface area contributed by atoms with Crippen LogP contribution in [0.25, 0.3) is 0 Å². The van der Waals surface area contributed by atoms with E-state index < -0.39 is 12.0 Å². The number of hydrogen-bond donors (Lipinski definition) is 1. The third-order valence-corrected chi connectivity index (χ3v) is 4.85. The van der Waals surface area contributed by atoms with Gasteiger partial charge in [0, 0.05) is 6.04 Å². The van der Waals surface area contributed by atoms with Crippen LogP contribution in [0.4, 0.5) is 0 Å². The molecule has 1 amide bonds. The van der Waals surface area contributed by atoms with Gasteiger partial charge < -0.3 is 14.5 Å². The van der Waals surface area contributed by atoms with Gasteiger partial charge in [-0.1, -0.05) is 18.0 Å². The number of carboxylic acids is 1. The minimum Gasteiger partial charge on any atom is -0.480 e. The third kappa shape index (κ3) is 2.22. The summed E-state index contributed by atoms with van der Waals surface area (Å²) in [6, 6.07) is -0.680. The van der Waals surface area contributed by atoms with Gasteiger partial charge in [-0.2, -0.15) is 0 Å². The lowest BCUT2D eigenvalue weighted by atomic mass is 9.84. The molecule has 0 bridgehead atoms. The minimum atomic E-state index is -0.912. The number of aromatic nitrogens is 1. The van der Waals surface area contributed by atoms with Crippen molar-refractivity contribution in [2.24, 2.45) is 5.92 Å². The molecule has 3 atom stereocenters. The molecule has 1 aromatic rings. The van der Waals surface area contributed by atoms with E-state index in [1.54, 1.807) is 18.7 Å². The van der Waals surface area contributed by atoms with Crippen molar-refractivity contribution in [3.63, 3.8) is 0 Å². The normalized spacial score (nSPS) is 28.5. The van der Waals surface area contributed by atoms with Crippen LogP contribution in [-0.2, 0) is 4.79 Å². The van der Waals surface area contributed by atoms with E-state index >= 15 is 0 Å². The Morgan fingerprint density at radius 3 is 2.62 bits per heavy atom. The Kier molecular flexibility index (Phi) is 3.47. The maximum Gasteiger partial charge on any atom is 0.326 e. The zero-order chi connectivity index (χ0) is 15.1. The Balaban J connectivity index is 1.97. The van der Waals surface area contributed by atoms with Gasteiger partial charge in [-0.3, -0.25) is 4.79 Å². The van der Waals surface area contributed by atoms with E-state index in [4.69, 9.17) is 4.52 Å². The Morgan fingerprint density at radius 2 is 2.00 bits per heavy atom. The van der Waals surface area contributed by atoms with Gasteiger partial charge in [0.1, 0.15) is 17.4 Å². The van der Waals surface area contributed by atoms with E-state index in [1.807, 2.05) is 0 Å². The average Bonchev–Trinajstić information content (AvgIpc) is 2.99. The molecule has 2 aliphatic rings. The van der Waals surface area contributed by atoms with Crippen LogP contribution in [0.15, 0.2) is 4.52 Å². The van der Waals surface area contributed by atoms with E-state index in [0.29, 0.717) is 29.4 Å². The lowest BCUT2D eigenvalue weighted by molar-refractivity contribution is -0.141. The van der Waals surface area contributed by atoms with E-state index in [0.717, 1.165) is 25.7 Å². The van der Waals surface area contributed by atoms with Gasteiger partial charge in [0.05, 0.1) is 5.69 Å². The minimum absolute atomic E-state index is 0.0426. The fraction of sp³-hybridized carbons (Fsp3) is 0.667. The van der Waals surface area contributed by atoms with Crippen molar-refractivity contribution >= 4 is 11.9 Å². The highest BCUT2D eigenvalue weighted by Gasteiger charge is 2.48. The number of aliphatic carboxylic acids is 1. The fourth-order valence-electron chi connectivity index (χ4n) is 3.89. The summed E-state index contributed by atoms with van der Waals surface area (Å²) in [6.45, 7) is 3.41. The van der Waals surface area contributed by atoms with Gasteiger partial charge in [-0.05, 0) is 39.0 Å². The SMILES string of the molecule is Cc1noc(C)c1C(=O)N1[C@@H]2CCCC[C@H]2C[C@H]1C(=O)O. The predicted octanol–water partition coefficient (Wildman–Crippen LogP) is 2.15. The Hall–Kier alpha value is -1.85. The summed E-state index contributed by atoms with van der Waals surface area (Å²) in [7, 11) is 0. The van der Waals surface area contributed by atoms with Crippen molar-refractivity contribution < 1.29 is 19.2 Å².